The van der Waals surface area contributed by atoms with Crippen LogP contribution in [0.3, 0.4) is 0 Å². The predicted octanol–water partition coefficient (Wildman–Crippen LogP) is 5.08. The smallest absolute Gasteiger partial charge is 0.303 e. The standard InChI is InChI=1S/C18H34O3/c1-2-3-4-5-8-11-14-17(19)15-12-9-6-7-10-13-16-18(20)21/h11,14,17,19H,2-10,12-13,15-16H2,1H3,(H,20,21)/b14-11-. The van der Waals surface area contributed by atoms with Crippen molar-refractivity contribution in [3.05, 3.63) is 12.2 Å². The molecule has 0 bridgehead atoms. The Balaban J connectivity index is 3.27. The predicted molar refractivity (Wildman–Crippen MR) is 88.5 cm³/mol. The van der Waals surface area contributed by atoms with Crippen LogP contribution in [0.15, 0.2) is 12.2 Å². The Morgan fingerprint density at radius 2 is 1.57 bits per heavy atom. The van der Waals surface area contributed by atoms with E-state index in [-0.39, 0.29) is 6.10 Å². The van der Waals surface area contributed by atoms with E-state index in [0.29, 0.717) is 6.42 Å². The zero-order valence-corrected chi connectivity index (χ0v) is 13.7. The molecular weight excluding hydrogens is 264 g/mol. The van der Waals surface area contributed by atoms with Crippen molar-refractivity contribution in [2.45, 2.75) is 96.5 Å². The largest absolute Gasteiger partial charge is 0.481 e. The fourth-order valence-corrected chi connectivity index (χ4v) is 2.38. The van der Waals surface area contributed by atoms with Gasteiger partial charge in [0.05, 0.1) is 6.10 Å². The Kier molecular flexibility index (Phi) is 14.9. The molecular formula is C18H34O3. The Labute approximate surface area is 130 Å². The van der Waals surface area contributed by atoms with Gasteiger partial charge in [-0.3, -0.25) is 4.79 Å². The number of unbranched alkanes of at least 4 members (excludes halogenated alkanes) is 9. The quantitative estimate of drug-likeness (QED) is 0.327. The van der Waals surface area contributed by atoms with Gasteiger partial charge in [0, 0.05) is 6.42 Å². The number of carboxylic acids is 1. The van der Waals surface area contributed by atoms with Gasteiger partial charge in [-0.25, -0.2) is 0 Å². The highest BCUT2D eigenvalue weighted by Gasteiger charge is 2.00. The van der Waals surface area contributed by atoms with E-state index in [2.05, 4.69) is 13.0 Å². The van der Waals surface area contributed by atoms with Gasteiger partial charge in [-0.1, -0.05) is 70.4 Å². The maximum atomic E-state index is 10.3. The van der Waals surface area contributed by atoms with Crippen molar-refractivity contribution in [2.75, 3.05) is 0 Å². The Bertz CT molecular complexity index is 261. The Hall–Kier alpha value is -0.830. The lowest BCUT2D eigenvalue weighted by Crippen LogP contribution is -2.01. The minimum Gasteiger partial charge on any atom is -0.481 e. The summed E-state index contributed by atoms with van der Waals surface area (Å²) in [5, 5.41) is 18.3. The Morgan fingerprint density at radius 1 is 0.952 bits per heavy atom. The van der Waals surface area contributed by atoms with Crippen molar-refractivity contribution >= 4 is 5.97 Å². The van der Waals surface area contributed by atoms with Gasteiger partial charge in [-0.15, -0.1) is 0 Å². The second kappa shape index (κ2) is 15.6. The molecule has 21 heavy (non-hydrogen) atoms. The fourth-order valence-electron chi connectivity index (χ4n) is 2.38. The van der Waals surface area contributed by atoms with Crippen molar-refractivity contribution < 1.29 is 15.0 Å². The summed E-state index contributed by atoms with van der Waals surface area (Å²) in [5.74, 6) is -0.695. The number of carbonyl (C=O) groups is 1. The van der Waals surface area contributed by atoms with E-state index in [9.17, 15) is 9.90 Å². The zero-order chi connectivity index (χ0) is 15.8. The van der Waals surface area contributed by atoms with Crippen LogP contribution in [-0.4, -0.2) is 22.3 Å². The molecule has 0 aromatic rings. The first kappa shape index (κ1) is 20.2. The van der Waals surface area contributed by atoms with Crippen molar-refractivity contribution in [1.29, 1.82) is 0 Å². The van der Waals surface area contributed by atoms with Gasteiger partial charge >= 0.3 is 5.97 Å². The third-order valence-corrected chi connectivity index (χ3v) is 3.72. The van der Waals surface area contributed by atoms with Crippen LogP contribution < -0.4 is 0 Å². The van der Waals surface area contributed by atoms with Gasteiger partial charge in [-0.05, 0) is 25.7 Å². The molecule has 0 rings (SSSR count). The molecule has 2 N–H and O–H groups in total. The van der Waals surface area contributed by atoms with E-state index in [1.807, 2.05) is 6.08 Å². The average Bonchev–Trinajstić information content (AvgIpc) is 2.45. The molecule has 124 valence electrons. The summed E-state index contributed by atoms with van der Waals surface area (Å²) in [4.78, 5) is 10.3. The minimum atomic E-state index is -0.695. The summed E-state index contributed by atoms with van der Waals surface area (Å²) >= 11 is 0. The minimum absolute atomic E-state index is 0.289. The first-order valence-corrected chi connectivity index (χ1v) is 8.73. The number of allylic oxidation sites excluding steroid dienone is 1. The molecule has 0 aliphatic heterocycles. The average molecular weight is 298 g/mol. The molecule has 0 fully saturated rings. The van der Waals surface area contributed by atoms with E-state index < -0.39 is 5.97 Å². The van der Waals surface area contributed by atoms with Crippen LogP contribution in [0.5, 0.6) is 0 Å². The maximum absolute atomic E-state index is 10.3. The van der Waals surface area contributed by atoms with Gasteiger partial charge in [0.2, 0.25) is 0 Å². The topological polar surface area (TPSA) is 57.5 Å². The van der Waals surface area contributed by atoms with Crippen molar-refractivity contribution in [1.82, 2.24) is 0 Å². The highest BCUT2D eigenvalue weighted by molar-refractivity contribution is 5.66. The molecule has 3 nitrogen and oxygen atoms in total. The number of rotatable bonds is 15. The first-order valence-electron chi connectivity index (χ1n) is 8.73. The summed E-state index contributed by atoms with van der Waals surface area (Å²) in [6, 6.07) is 0. The molecule has 0 aliphatic rings. The molecule has 0 saturated heterocycles. The van der Waals surface area contributed by atoms with E-state index in [0.717, 1.165) is 51.4 Å². The third-order valence-electron chi connectivity index (χ3n) is 3.72. The van der Waals surface area contributed by atoms with Gasteiger partial charge in [-0.2, -0.15) is 0 Å². The normalized spacial score (nSPS) is 12.9. The molecule has 1 atom stereocenters. The van der Waals surface area contributed by atoms with Crippen LogP contribution in [0.2, 0.25) is 0 Å². The van der Waals surface area contributed by atoms with E-state index in [1.165, 1.54) is 25.7 Å². The van der Waals surface area contributed by atoms with Crippen LogP contribution in [0.1, 0.15) is 90.4 Å². The van der Waals surface area contributed by atoms with E-state index in [4.69, 9.17) is 5.11 Å². The van der Waals surface area contributed by atoms with Crippen LogP contribution >= 0.6 is 0 Å². The molecule has 0 heterocycles. The van der Waals surface area contributed by atoms with Crippen molar-refractivity contribution in [2.24, 2.45) is 0 Å². The second-order valence-electron chi connectivity index (χ2n) is 5.90. The number of carboxylic acid groups (broad SMARTS) is 1. The molecule has 0 aliphatic carbocycles. The molecule has 0 aromatic heterocycles. The maximum Gasteiger partial charge on any atom is 0.303 e. The van der Waals surface area contributed by atoms with E-state index >= 15 is 0 Å². The summed E-state index contributed by atoms with van der Waals surface area (Å²) in [6.07, 6.45) is 17.3. The van der Waals surface area contributed by atoms with Gasteiger partial charge < -0.3 is 10.2 Å². The molecule has 3 heteroatoms. The molecule has 0 aromatic carbocycles. The highest BCUT2D eigenvalue weighted by atomic mass is 16.4. The van der Waals surface area contributed by atoms with Crippen LogP contribution in [0.25, 0.3) is 0 Å². The molecule has 0 spiro atoms. The second-order valence-corrected chi connectivity index (χ2v) is 5.90. The van der Waals surface area contributed by atoms with Crippen LogP contribution in [-0.2, 0) is 4.79 Å². The number of aliphatic hydroxyl groups is 1. The van der Waals surface area contributed by atoms with Crippen molar-refractivity contribution in [3.63, 3.8) is 0 Å². The Morgan fingerprint density at radius 3 is 2.24 bits per heavy atom. The van der Waals surface area contributed by atoms with E-state index in [1.54, 1.807) is 0 Å². The van der Waals surface area contributed by atoms with Crippen molar-refractivity contribution in [3.8, 4) is 0 Å². The summed E-state index contributed by atoms with van der Waals surface area (Å²) in [7, 11) is 0. The van der Waals surface area contributed by atoms with Crippen LogP contribution in [0, 0.1) is 0 Å². The molecule has 0 saturated carbocycles. The fraction of sp³-hybridized carbons (Fsp3) is 0.833. The summed E-state index contributed by atoms with van der Waals surface area (Å²) < 4.78 is 0. The first-order chi connectivity index (χ1) is 10.2. The number of hydrogen-bond donors (Lipinski definition) is 2. The van der Waals surface area contributed by atoms with Gasteiger partial charge in [0.1, 0.15) is 0 Å². The van der Waals surface area contributed by atoms with Gasteiger partial charge in [0.25, 0.3) is 0 Å². The summed E-state index contributed by atoms with van der Waals surface area (Å²) in [6.45, 7) is 2.21. The lowest BCUT2D eigenvalue weighted by atomic mass is 10.1. The molecule has 0 radical (unpaired) electrons. The summed E-state index contributed by atoms with van der Waals surface area (Å²) in [5.41, 5.74) is 0. The van der Waals surface area contributed by atoms with Crippen LogP contribution in [0.4, 0.5) is 0 Å². The monoisotopic (exact) mass is 298 g/mol. The SMILES string of the molecule is CCCCCC/C=C\C(O)CCCCCCCCC(=O)O. The molecule has 0 amide bonds. The number of aliphatic carboxylic acids is 1. The van der Waals surface area contributed by atoms with Gasteiger partial charge in [0.15, 0.2) is 0 Å². The highest BCUT2D eigenvalue weighted by Crippen LogP contribution is 2.11. The zero-order valence-electron chi connectivity index (χ0n) is 13.7. The lowest BCUT2D eigenvalue weighted by Gasteiger charge is -2.05. The third kappa shape index (κ3) is 17.1. The molecule has 1 unspecified atom stereocenters. The number of hydrogen-bond acceptors (Lipinski definition) is 2. The lowest BCUT2D eigenvalue weighted by molar-refractivity contribution is -0.137. The number of aliphatic hydroxyl groups excluding tert-OH is 1.